The van der Waals surface area contributed by atoms with Crippen molar-refractivity contribution in [1.82, 2.24) is 5.32 Å². The Morgan fingerprint density at radius 2 is 1.90 bits per heavy atom. The molecule has 0 aromatic heterocycles. The second kappa shape index (κ2) is 5.91. The Morgan fingerprint density at radius 3 is 2.48 bits per heavy atom. The highest BCUT2D eigenvalue weighted by atomic mass is 16.6. The van der Waals surface area contributed by atoms with Crippen LogP contribution in [0.15, 0.2) is 42.5 Å². The highest BCUT2D eigenvalue weighted by Gasteiger charge is 2.18. The number of nitro benzene ring substituents is 1. The van der Waals surface area contributed by atoms with Crippen molar-refractivity contribution in [2.24, 2.45) is 0 Å². The Labute approximate surface area is 119 Å². The van der Waals surface area contributed by atoms with Crippen LogP contribution in [0.4, 0.5) is 5.69 Å². The van der Waals surface area contributed by atoms with Gasteiger partial charge in [0.15, 0.2) is 0 Å². The third-order valence-electron chi connectivity index (χ3n) is 2.71. The Kier molecular flexibility index (Phi) is 4.03. The molecule has 0 heterocycles. The van der Waals surface area contributed by atoms with Gasteiger partial charge >= 0.3 is 5.69 Å². The standard InChI is InChI=1S/C14H12N2O5/c1-15-14(18)9-2-7-12(16(19)20)13(8-9)21-11-5-3-10(17)4-6-11/h2-8,17H,1H3,(H,15,18). The first-order valence-corrected chi connectivity index (χ1v) is 5.98. The average Bonchev–Trinajstić information content (AvgIpc) is 2.48. The monoisotopic (exact) mass is 288 g/mol. The number of hydrogen-bond donors (Lipinski definition) is 2. The summed E-state index contributed by atoms with van der Waals surface area (Å²) >= 11 is 0. The van der Waals surface area contributed by atoms with Gasteiger partial charge in [0.2, 0.25) is 5.75 Å². The van der Waals surface area contributed by atoms with Gasteiger partial charge in [0, 0.05) is 24.7 Å². The quantitative estimate of drug-likeness (QED) is 0.664. The molecule has 21 heavy (non-hydrogen) atoms. The summed E-state index contributed by atoms with van der Waals surface area (Å²) < 4.78 is 5.43. The van der Waals surface area contributed by atoms with E-state index < -0.39 is 4.92 Å². The van der Waals surface area contributed by atoms with Crippen LogP contribution < -0.4 is 10.1 Å². The number of carbonyl (C=O) groups is 1. The molecule has 0 atom stereocenters. The molecule has 2 aromatic rings. The summed E-state index contributed by atoms with van der Waals surface area (Å²) in [6.45, 7) is 0. The summed E-state index contributed by atoms with van der Waals surface area (Å²) in [4.78, 5) is 22.0. The van der Waals surface area contributed by atoms with Crippen molar-refractivity contribution in [2.75, 3.05) is 7.05 Å². The van der Waals surface area contributed by atoms with Crippen LogP contribution in [0.5, 0.6) is 17.2 Å². The van der Waals surface area contributed by atoms with Crippen molar-refractivity contribution in [1.29, 1.82) is 0 Å². The Bertz CT molecular complexity index is 682. The molecule has 0 saturated carbocycles. The van der Waals surface area contributed by atoms with Gasteiger partial charge in [-0.05, 0) is 30.3 Å². The summed E-state index contributed by atoms with van der Waals surface area (Å²) in [6, 6.07) is 9.57. The molecule has 108 valence electrons. The summed E-state index contributed by atoms with van der Waals surface area (Å²) in [5.74, 6) is -0.0619. The maximum absolute atomic E-state index is 11.6. The molecule has 7 nitrogen and oxygen atoms in total. The van der Waals surface area contributed by atoms with E-state index in [2.05, 4.69) is 5.32 Å². The molecular weight excluding hydrogens is 276 g/mol. The Balaban J connectivity index is 2.40. The van der Waals surface area contributed by atoms with Crippen molar-refractivity contribution >= 4 is 11.6 Å². The molecule has 2 N–H and O–H groups in total. The van der Waals surface area contributed by atoms with Crippen LogP contribution in [0.25, 0.3) is 0 Å². The van der Waals surface area contributed by atoms with Gasteiger partial charge in [0.25, 0.3) is 5.91 Å². The lowest BCUT2D eigenvalue weighted by Gasteiger charge is -2.08. The lowest BCUT2D eigenvalue weighted by atomic mass is 10.1. The topological polar surface area (TPSA) is 102 Å². The van der Waals surface area contributed by atoms with Crippen molar-refractivity contribution < 1.29 is 19.6 Å². The molecule has 1 amide bonds. The maximum atomic E-state index is 11.6. The fourth-order valence-electron chi connectivity index (χ4n) is 1.67. The van der Waals surface area contributed by atoms with Gasteiger partial charge in [-0.3, -0.25) is 14.9 Å². The number of amides is 1. The van der Waals surface area contributed by atoms with Gasteiger partial charge in [0.05, 0.1) is 4.92 Å². The molecule has 0 radical (unpaired) electrons. The average molecular weight is 288 g/mol. The van der Waals surface area contributed by atoms with Crippen LogP contribution in [0.3, 0.4) is 0 Å². The molecular formula is C14H12N2O5. The minimum Gasteiger partial charge on any atom is -0.508 e. The van der Waals surface area contributed by atoms with Gasteiger partial charge in [-0.25, -0.2) is 0 Å². The minimum absolute atomic E-state index is 0.0493. The first kappa shape index (κ1) is 14.3. The maximum Gasteiger partial charge on any atom is 0.311 e. The number of nitrogens with zero attached hydrogens (tertiary/aromatic N) is 1. The summed E-state index contributed by atoms with van der Waals surface area (Å²) in [5.41, 5.74) is -0.00685. The smallest absolute Gasteiger partial charge is 0.311 e. The van der Waals surface area contributed by atoms with Gasteiger partial charge < -0.3 is 15.2 Å². The van der Waals surface area contributed by atoms with Crippen LogP contribution >= 0.6 is 0 Å². The number of rotatable bonds is 4. The van der Waals surface area contributed by atoms with E-state index in [0.717, 1.165) is 0 Å². The number of ether oxygens (including phenoxy) is 1. The number of nitro groups is 1. The first-order valence-electron chi connectivity index (χ1n) is 5.98. The molecule has 2 rings (SSSR count). The number of benzene rings is 2. The molecule has 2 aromatic carbocycles. The number of carbonyl (C=O) groups excluding carboxylic acids is 1. The number of hydrogen-bond acceptors (Lipinski definition) is 5. The largest absolute Gasteiger partial charge is 0.508 e. The fourth-order valence-corrected chi connectivity index (χ4v) is 1.67. The zero-order valence-electron chi connectivity index (χ0n) is 11.1. The summed E-state index contributed by atoms with van der Waals surface area (Å²) in [5, 5.41) is 22.6. The third-order valence-corrected chi connectivity index (χ3v) is 2.71. The second-order valence-corrected chi connectivity index (χ2v) is 4.11. The molecule has 0 bridgehead atoms. The van der Waals surface area contributed by atoms with Gasteiger partial charge in [0.1, 0.15) is 11.5 Å². The predicted octanol–water partition coefficient (Wildman–Crippen LogP) is 2.45. The van der Waals surface area contributed by atoms with Crippen molar-refractivity contribution in [3.05, 3.63) is 58.1 Å². The highest BCUT2D eigenvalue weighted by Crippen LogP contribution is 2.32. The summed E-state index contributed by atoms with van der Waals surface area (Å²) in [6.07, 6.45) is 0. The molecule has 0 fully saturated rings. The number of aromatic hydroxyl groups is 1. The van der Waals surface area contributed by atoms with Crippen molar-refractivity contribution in [3.8, 4) is 17.2 Å². The SMILES string of the molecule is CNC(=O)c1ccc([N+](=O)[O-])c(Oc2ccc(O)cc2)c1. The Morgan fingerprint density at radius 1 is 1.24 bits per heavy atom. The normalized spacial score (nSPS) is 9.95. The molecule has 0 aliphatic heterocycles. The molecule has 0 aliphatic carbocycles. The minimum atomic E-state index is -0.594. The number of phenols is 1. The van der Waals surface area contributed by atoms with Crippen LogP contribution in [0.2, 0.25) is 0 Å². The number of nitrogens with one attached hydrogen (secondary N) is 1. The second-order valence-electron chi connectivity index (χ2n) is 4.11. The molecule has 0 saturated heterocycles. The van der Waals surface area contributed by atoms with E-state index in [1.807, 2.05) is 0 Å². The molecule has 0 spiro atoms. The third kappa shape index (κ3) is 3.27. The molecule has 7 heteroatoms. The van der Waals surface area contributed by atoms with E-state index in [1.54, 1.807) is 0 Å². The van der Waals surface area contributed by atoms with Crippen LogP contribution in [0.1, 0.15) is 10.4 Å². The van der Waals surface area contributed by atoms with Crippen molar-refractivity contribution in [3.63, 3.8) is 0 Å². The van der Waals surface area contributed by atoms with Crippen LogP contribution in [-0.2, 0) is 0 Å². The van der Waals surface area contributed by atoms with E-state index in [9.17, 15) is 20.0 Å². The van der Waals surface area contributed by atoms with E-state index in [-0.39, 0.29) is 28.7 Å². The van der Waals surface area contributed by atoms with E-state index in [1.165, 1.54) is 49.5 Å². The molecule has 0 unspecified atom stereocenters. The lowest BCUT2D eigenvalue weighted by molar-refractivity contribution is -0.385. The highest BCUT2D eigenvalue weighted by molar-refractivity contribution is 5.94. The zero-order valence-corrected chi connectivity index (χ0v) is 11.1. The lowest BCUT2D eigenvalue weighted by Crippen LogP contribution is -2.17. The fraction of sp³-hybridized carbons (Fsp3) is 0.0714. The number of phenolic OH excluding ortho intramolecular Hbond substituents is 1. The molecule has 0 aliphatic rings. The van der Waals surface area contributed by atoms with E-state index >= 15 is 0 Å². The van der Waals surface area contributed by atoms with Gasteiger partial charge in [-0.15, -0.1) is 0 Å². The van der Waals surface area contributed by atoms with Gasteiger partial charge in [-0.1, -0.05) is 0 Å². The zero-order chi connectivity index (χ0) is 15.4. The van der Waals surface area contributed by atoms with E-state index in [4.69, 9.17) is 4.74 Å². The Hall–Kier alpha value is -3.09. The summed E-state index contributed by atoms with van der Waals surface area (Å²) in [7, 11) is 1.46. The van der Waals surface area contributed by atoms with Crippen molar-refractivity contribution in [2.45, 2.75) is 0 Å². The predicted molar refractivity (Wildman–Crippen MR) is 74.7 cm³/mol. The van der Waals surface area contributed by atoms with Crippen LogP contribution in [0, 0.1) is 10.1 Å². The van der Waals surface area contributed by atoms with E-state index in [0.29, 0.717) is 5.75 Å². The van der Waals surface area contributed by atoms with Crippen LogP contribution in [-0.4, -0.2) is 23.0 Å². The van der Waals surface area contributed by atoms with Gasteiger partial charge in [-0.2, -0.15) is 0 Å². The first-order chi connectivity index (χ1) is 10.0.